The lowest BCUT2D eigenvalue weighted by atomic mass is 10.2. The predicted molar refractivity (Wildman–Crippen MR) is 74.2 cm³/mol. The van der Waals surface area contributed by atoms with Crippen molar-refractivity contribution in [2.75, 3.05) is 6.61 Å². The van der Waals surface area contributed by atoms with E-state index in [-0.39, 0.29) is 6.10 Å². The maximum Gasteiger partial charge on any atom is 0.212 e. The normalized spacial score (nSPS) is 19.3. The Hall–Kier alpha value is -1.72. The Morgan fingerprint density at radius 3 is 2.89 bits per heavy atom. The van der Waals surface area contributed by atoms with Crippen LogP contribution in [0.15, 0.2) is 36.5 Å². The van der Waals surface area contributed by atoms with Gasteiger partial charge < -0.3 is 4.74 Å². The first-order valence-corrected chi connectivity index (χ1v) is 7.25. The van der Waals surface area contributed by atoms with Crippen molar-refractivity contribution in [2.24, 2.45) is 0 Å². The SMILES string of the molecule is c1ccc(-c2cn3nc(C4CCCO4)sc3n2)cc1. The largest absolute Gasteiger partial charge is 0.371 e. The second-order valence-corrected chi connectivity index (χ2v) is 5.65. The molecule has 0 bridgehead atoms. The Morgan fingerprint density at radius 2 is 2.16 bits per heavy atom. The lowest BCUT2D eigenvalue weighted by molar-refractivity contribution is 0.111. The van der Waals surface area contributed by atoms with E-state index in [9.17, 15) is 0 Å². The highest BCUT2D eigenvalue weighted by Crippen LogP contribution is 2.32. The summed E-state index contributed by atoms with van der Waals surface area (Å²) in [6, 6.07) is 10.2. The van der Waals surface area contributed by atoms with Crippen LogP contribution in [0.25, 0.3) is 16.2 Å². The predicted octanol–water partition coefficient (Wildman–Crippen LogP) is 3.31. The number of rotatable bonds is 2. The molecular formula is C14H13N3OS. The molecule has 2 aromatic heterocycles. The molecule has 4 rings (SSSR count). The van der Waals surface area contributed by atoms with Crippen molar-refractivity contribution in [1.29, 1.82) is 0 Å². The van der Waals surface area contributed by atoms with Crippen LogP contribution in [0.3, 0.4) is 0 Å². The monoisotopic (exact) mass is 271 g/mol. The van der Waals surface area contributed by atoms with Crippen LogP contribution >= 0.6 is 11.3 Å². The van der Waals surface area contributed by atoms with E-state index in [1.807, 2.05) is 28.9 Å². The van der Waals surface area contributed by atoms with E-state index in [2.05, 4.69) is 22.2 Å². The number of ether oxygens (including phenoxy) is 1. The highest BCUT2D eigenvalue weighted by molar-refractivity contribution is 7.16. The molecule has 0 N–H and O–H groups in total. The minimum absolute atomic E-state index is 0.173. The zero-order valence-electron chi connectivity index (χ0n) is 10.3. The summed E-state index contributed by atoms with van der Waals surface area (Å²) in [5.41, 5.74) is 2.09. The molecule has 1 aliphatic heterocycles. The molecule has 4 nitrogen and oxygen atoms in total. The molecule has 0 amide bonds. The van der Waals surface area contributed by atoms with Gasteiger partial charge in [0.2, 0.25) is 4.96 Å². The second kappa shape index (κ2) is 4.43. The molecule has 0 radical (unpaired) electrons. The Balaban J connectivity index is 1.71. The Morgan fingerprint density at radius 1 is 1.26 bits per heavy atom. The number of hydrogen-bond acceptors (Lipinski definition) is 4. The van der Waals surface area contributed by atoms with Crippen LogP contribution in [-0.4, -0.2) is 21.2 Å². The molecule has 1 aromatic carbocycles. The second-order valence-electron chi connectivity index (χ2n) is 4.66. The summed E-state index contributed by atoms with van der Waals surface area (Å²) in [6.45, 7) is 0.849. The van der Waals surface area contributed by atoms with Crippen LogP contribution in [0.4, 0.5) is 0 Å². The number of fused-ring (bicyclic) bond motifs is 1. The third kappa shape index (κ3) is 1.95. The van der Waals surface area contributed by atoms with Crippen molar-refractivity contribution < 1.29 is 4.74 Å². The van der Waals surface area contributed by atoms with Gasteiger partial charge in [-0.3, -0.25) is 0 Å². The molecule has 1 fully saturated rings. The molecule has 0 aliphatic carbocycles. The van der Waals surface area contributed by atoms with Crippen molar-refractivity contribution in [3.8, 4) is 11.3 Å². The fourth-order valence-electron chi connectivity index (χ4n) is 2.37. The van der Waals surface area contributed by atoms with E-state index in [1.165, 1.54) is 0 Å². The standard InChI is InChI=1S/C14H13N3OS/c1-2-5-10(6-3-1)11-9-17-14(15-11)19-13(16-17)12-7-4-8-18-12/h1-3,5-6,9,12H,4,7-8H2. The van der Waals surface area contributed by atoms with Crippen molar-refractivity contribution in [1.82, 2.24) is 14.6 Å². The van der Waals surface area contributed by atoms with Crippen molar-refractivity contribution in [3.05, 3.63) is 41.5 Å². The van der Waals surface area contributed by atoms with Gasteiger partial charge in [0, 0.05) is 12.2 Å². The molecule has 1 saturated heterocycles. The minimum atomic E-state index is 0.173. The van der Waals surface area contributed by atoms with Crippen molar-refractivity contribution in [2.45, 2.75) is 18.9 Å². The maximum absolute atomic E-state index is 5.66. The summed E-state index contributed by atoms with van der Waals surface area (Å²) in [7, 11) is 0. The van der Waals surface area contributed by atoms with E-state index < -0.39 is 0 Å². The molecule has 1 aliphatic rings. The smallest absolute Gasteiger partial charge is 0.212 e. The van der Waals surface area contributed by atoms with Gasteiger partial charge in [-0.2, -0.15) is 5.10 Å². The van der Waals surface area contributed by atoms with Crippen LogP contribution in [0.5, 0.6) is 0 Å². The summed E-state index contributed by atoms with van der Waals surface area (Å²) in [6.07, 6.45) is 4.36. The fourth-order valence-corrected chi connectivity index (χ4v) is 3.33. The van der Waals surface area contributed by atoms with Gasteiger partial charge in [-0.15, -0.1) is 0 Å². The fraction of sp³-hybridized carbons (Fsp3) is 0.286. The third-order valence-corrected chi connectivity index (χ3v) is 4.35. The van der Waals surface area contributed by atoms with Gasteiger partial charge in [0.05, 0.1) is 11.9 Å². The molecule has 0 saturated carbocycles. The molecule has 96 valence electrons. The Bertz CT molecular complexity index is 666. The number of aromatic nitrogens is 3. The summed E-state index contributed by atoms with van der Waals surface area (Å²) in [5, 5.41) is 5.63. The summed E-state index contributed by atoms with van der Waals surface area (Å²) >= 11 is 1.63. The zero-order valence-corrected chi connectivity index (χ0v) is 11.1. The molecule has 3 heterocycles. The van der Waals surface area contributed by atoms with Crippen LogP contribution in [0.2, 0.25) is 0 Å². The van der Waals surface area contributed by atoms with Crippen LogP contribution < -0.4 is 0 Å². The van der Waals surface area contributed by atoms with Gasteiger partial charge >= 0.3 is 0 Å². The molecule has 5 heteroatoms. The minimum Gasteiger partial charge on any atom is -0.371 e. The zero-order chi connectivity index (χ0) is 12.7. The van der Waals surface area contributed by atoms with Gasteiger partial charge in [-0.1, -0.05) is 41.7 Å². The number of hydrogen-bond donors (Lipinski definition) is 0. The van der Waals surface area contributed by atoms with Gasteiger partial charge in [0.15, 0.2) is 0 Å². The van der Waals surface area contributed by atoms with Gasteiger partial charge in [-0.05, 0) is 12.8 Å². The van der Waals surface area contributed by atoms with E-state index in [0.717, 1.165) is 40.7 Å². The highest BCUT2D eigenvalue weighted by atomic mass is 32.1. The first-order valence-electron chi connectivity index (χ1n) is 6.43. The lowest BCUT2D eigenvalue weighted by Gasteiger charge is -2.02. The van der Waals surface area contributed by atoms with E-state index >= 15 is 0 Å². The molecule has 1 atom stereocenters. The van der Waals surface area contributed by atoms with Gasteiger partial charge in [0.25, 0.3) is 0 Å². The summed E-state index contributed by atoms with van der Waals surface area (Å²) < 4.78 is 7.52. The quantitative estimate of drug-likeness (QED) is 0.718. The third-order valence-electron chi connectivity index (χ3n) is 3.33. The van der Waals surface area contributed by atoms with Crippen LogP contribution in [-0.2, 0) is 4.74 Å². The van der Waals surface area contributed by atoms with E-state index in [0.29, 0.717) is 0 Å². The maximum atomic E-state index is 5.66. The van der Waals surface area contributed by atoms with Crippen molar-refractivity contribution in [3.63, 3.8) is 0 Å². The first-order chi connectivity index (χ1) is 9.40. The average molecular weight is 271 g/mol. The molecule has 19 heavy (non-hydrogen) atoms. The Kier molecular flexibility index (Phi) is 2.60. The van der Waals surface area contributed by atoms with E-state index in [4.69, 9.17) is 4.74 Å². The average Bonchev–Trinajstić information content (AvgIpc) is 3.14. The topological polar surface area (TPSA) is 39.4 Å². The van der Waals surface area contributed by atoms with Crippen LogP contribution in [0.1, 0.15) is 24.0 Å². The number of nitrogens with zero attached hydrogens (tertiary/aromatic N) is 3. The van der Waals surface area contributed by atoms with Crippen LogP contribution in [0, 0.1) is 0 Å². The summed E-state index contributed by atoms with van der Waals surface area (Å²) in [4.78, 5) is 5.57. The van der Waals surface area contributed by atoms with Gasteiger partial charge in [0.1, 0.15) is 11.1 Å². The van der Waals surface area contributed by atoms with E-state index in [1.54, 1.807) is 11.3 Å². The molecular weight excluding hydrogens is 258 g/mol. The van der Waals surface area contributed by atoms with Gasteiger partial charge in [-0.25, -0.2) is 9.50 Å². The molecule has 0 spiro atoms. The molecule has 3 aromatic rings. The summed E-state index contributed by atoms with van der Waals surface area (Å²) in [5.74, 6) is 0. The molecule has 1 unspecified atom stereocenters. The van der Waals surface area contributed by atoms with Crippen molar-refractivity contribution >= 4 is 16.3 Å². The number of benzene rings is 1. The lowest BCUT2D eigenvalue weighted by Crippen LogP contribution is -1.95. The Labute approximate surface area is 114 Å². The number of imidazole rings is 1. The highest BCUT2D eigenvalue weighted by Gasteiger charge is 2.22. The first kappa shape index (κ1) is 11.1.